The molecule has 1 saturated heterocycles. The SMILES string of the molecule is CCCN(C(=O)c1csc(CC(C)C)n1)C1CCNCC1. The molecule has 5 heteroatoms. The van der Waals surface area contributed by atoms with Gasteiger partial charge in [-0.15, -0.1) is 11.3 Å². The van der Waals surface area contributed by atoms with Crippen LogP contribution >= 0.6 is 11.3 Å². The van der Waals surface area contributed by atoms with Crippen molar-refractivity contribution in [1.82, 2.24) is 15.2 Å². The molecule has 0 aliphatic carbocycles. The molecule has 0 bridgehead atoms. The van der Waals surface area contributed by atoms with Crippen LogP contribution in [0.1, 0.15) is 55.5 Å². The van der Waals surface area contributed by atoms with Crippen LogP contribution in [0.4, 0.5) is 0 Å². The number of carbonyl (C=O) groups is 1. The van der Waals surface area contributed by atoms with Gasteiger partial charge < -0.3 is 10.2 Å². The van der Waals surface area contributed by atoms with Crippen LogP contribution in [-0.2, 0) is 6.42 Å². The highest BCUT2D eigenvalue weighted by molar-refractivity contribution is 7.09. The van der Waals surface area contributed by atoms with Gasteiger partial charge in [0.15, 0.2) is 0 Å². The van der Waals surface area contributed by atoms with E-state index in [1.54, 1.807) is 11.3 Å². The molecular formula is C16H27N3OS. The fraction of sp³-hybridized carbons (Fsp3) is 0.750. The third kappa shape index (κ3) is 4.51. The topological polar surface area (TPSA) is 45.2 Å². The van der Waals surface area contributed by atoms with Crippen molar-refractivity contribution in [3.63, 3.8) is 0 Å². The minimum Gasteiger partial charge on any atom is -0.334 e. The van der Waals surface area contributed by atoms with E-state index in [-0.39, 0.29) is 5.91 Å². The zero-order valence-corrected chi connectivity index (χ0v) is 14.2. The van der Waals surface area contributed by atoms with Crippen molar-refractivity contribution in [1.29, 1.82) is 0 Å². The number of thiazole rings is 1. The number of hydrogen-bond acceptors (Lipinski definition) is 4. The Labute approximate surface area is 132 Å². The second-order valence-corrected chi connectivity index (χ2v) is 7.15. The van der Waals surface area contributed by atoms with Gasteiger partial charge in [0.05, 0.1) is 5.01 Å². The van der Waals surface area contributed by atoms with Crippen molar-refractivity contribution >= 4 is 17.2 Å². The van der Waals surface area contributed by atoms with Gasteiger partial charge in [0, 0.05) is 24.4 Å². The molecule has 1 aliphatic rings. The quantitative estimate of drug-likeness (QED) is 0.879. The van der Waals surface area contributed by atoms with Crippen LogP contribution in [0.25, 0.3) is 0 Å². The zero-order valence-electron chi connectivity index (χ0n) is 13.4. The molecule has 118 valence electrons. The summed E-state index contributed by atoms with van der Waals surface area (Å²) in [6, 6.07) is 0.369. The van der Waals surface area contributed by atoms with Crippen LogP contribution in [0.15, 0.2) is 5.38 Å². The molecule has 1 fully saturated rings. The Bertz CT molecular complexity index is 452. The monoisotopic (exact) mass is 309 g/mol. The lowest BCUT2D eigenvalue weighted by Gasteiger charge is -2.34. The molecule has 21 heavy (non-hydrogen) atoms. The van der Waals surface area contributed by atoms with E-state index in [1.165, 1.54) is 0 Å². The van der Waals surface area contributed by atoms with Gasteiger partial charge in [-0.1, -0.05) is 20.8 Å². The third-order valence-electron chi connectivity index (χ3n) is 3.83. The van der Waals surface area contributed by atoms with E-state index in [1.807, 2.05) is 5.38 Å². The van der Waals surface area contributed by atoms with Crippen molar-refractivity contribution in [3.8, 4) is 0 Å². The van der Waals surface area contributed by atoms with Gasteiger partial charge in [0.1, 0.15) is 5.69 Å². The number of carbonyl (C=O) groups excluding carboxylic acids is 1. The van der Waals surface area contributed by atoms with E-state index in [0.29, 0.717) is 17.7 Å². The molecule has 1 aromatic heterocycles. The minimum absolute atomic E-state index is 0.120. The van der Waals surface area contributed by atoms with Crippen LogP contribution in [0, 0.1) is 5.92 Å². The van der Waals surface area contributed by atoms with Crippen LogP contribution in [-0.4, -0.2) is 41.5 Å². The number of hydrogen-bond donors (Lipinski definition) is 1. The lowest BCUT2D eigenvalue weighted by molar-refractivity contribution is 0.0637. The van der Waals surface area contributed by atoms with E-state index < -0.39 is 0 Å². The maximum absolute atomic E-state index is 12.8. The first-order chi connectivity index (χ1) is 10.1. The van der Waals surface area contributed by atoms with Crippen LogP contribution in [0.2, 0.25) is 0 Å². The number of nitrogens with zero attached hydrogens (tertiary/aromatic N) is 2. The fourth-order valence-electron chi connectivity index (χ4n) is 2.81. The molecule has 1 aromatic rings. The van der Waals surface area contributed by atoms with Crippen molar-refractivity contribution in [3.05, 3.63) is 16.1 Å². The van der Waals surface area contributed by atoms with E-state index in [9.17, 15) is 4.79 Å². The molecule has 1 amide bonds. The van der Waals surface area contributed by atoms with Crippen molar-refractivity contribution in [2.24, 2.45) is 5.92 Å². The molecule has 1 aliphatic heterocycles. The summed E-state index contributed by atoms with van der Waals surface area (Å²) in [6.45, 7) is 9.34. The van der Waals surface area contributed by atoms with Crippen LogP contribution in [0.3, 0.4) is 0 Å². The van der Waals surface area contributed by atoms with Gasteiger partial charge in [-0.2, -0.15) is 0 Å². The Morgan fingerprint density at radius 3 is 2.81 bits per heavy atom. The van der Waals surface area contributed by atoms with Crippen molar-refractivity contribution < 1.29 is 4.79 Å². The fourth-order valence-corrected chi connectivity index (χ4v) is 3.79. The van der Waals surface area contributed by atoms with E-state index in [2.05, 4.69) is 36.0 Å². The predicted octanol–water partition coefficient (Wildman–Crippen LogP) is 2.95. The molecule has 0 atom stereocenters. The molecule has 2 heterocycles. The summed E-state index contributed by atoms with van der Waals surface area (Å²) in [7, 11) is 0. The average molecular weight is 309 g/mol. The first kappa shape index (κ1) is 16.4. The van der Waals surface area contributed by atoms with Crippen molar-refractivity contribution in [2.45, 2.75) is 52.5 Å². The second kappa shape index (κ2) is 7.90. The molecule has 0 spiro atoms. The molecular weight excluding hydrogens is 282 g/mol. The largest absolute Gasteiger partial charge is 0.334 e. The lowest BCUT2D eigenvalue weighted by Crippen LogP contribution is -2.46. The number of aromatic nitrogens is 1. The number of piperidine rings is 1. The van der Waals surface area contributed by atoms with E-state index >= 15 is 0 Å². The summed E-state index contributed by atoms with van der Waals surface area (Å²) >= 11 is 1.62. The Balaban J connectivity index is 2.08. The van der Waals surface area contributed by atoms with Crippen LogP contribution < -0.4 is 5.32 Å². The first-order valence-corrected chi connectivity index (χ1v) is 8.95. The van der Waals surface area contributed by atoms with Crippen molar-refractivity contribution in [2.75, 3.05) is 19.6 Å². The highest BCUT2D eigenvalue weighted by atomic mass is 32.1. The predicted molar refractivity (Wildman–Crippen MR) is 87.9 cm³/mol. The Morgan fingerprint density at radius 2 is 2.19 bits per heavy atom. The Hall–Kier alpha value is -0.940. The summed E-state index contributed by atoms with van der Waals surface area (Å²) in [4.78, 5) is 19.4. The maximum atomic E-state index is 12.8. The summed E-state index contributed by atoms with van der Waals surface area (Å²) in [5, 5.41) is 6.38. The van der Waals surface area contributed by atoms with Gasteiger partial charge in [-0.05, 0) is 38.3 Å². The molecule has 0 saturated carbocycles. The minimum atomic E-state index is 0.120. The Kier molecular flexibility index (Phi) is 6.18. The maximum Gasteiger partial charge on any atom is 0.273 e. The number of amides is 1. The molecule has 0 unspecified atom stereocenters. The molecule has 1 N–H and O–H groups in total. The van der Waals surface area contributed by atoms with Gasteiger partial charge in [-0.3, -0.25) is 4.79 Å². The number of nitrogens with one attached hydrogen (secondary N) is 1. The van der Waals surface area contributed by atoms with E-state index in [0.717, 1.165) is 50.3 Å². The molecule has 0 aromatic carbocycles. The van der Waals surface area contributed by atoms with E-state index in [4.69, 9.17) is 0 Å². The summed E-state index contributed by atoms with van der Waals surface area (Å²) < 4.78 is 0. The summed E-state index contributed by atoms with van der Waals surface area (Å²) in [5.74, 6) is 0.699. The number of rotatable bonds is 6. The van der Waals surface area contributed by atoms with Gasteiger partial charge in [0.2, 0.25) is 0 Å². The standard InChI is InChI=1S/C16H27N3OS/c1-4-9-19(13-5-7-17-8-6-13)16(20)14-11-21-15(18-14)10-12(2)3/h11-13,17H,4-10H2,1-3H3. The van der Waals surface area contributed by atoms with Gasteiger partial charge in [-0.25, -0.2) is 4.98 Å². The molecule has 4 nitrogen and oxygen atoms in total. The molecule has 2 rings (SSSR count). The highest BCUT2D eigenvalue weighted by Crippen LogP contribution is 2.19. The van der Waals surface area contributed by atoms with Gasteiger partial charge in [0.25, 0.3) is 5.91 Å². The van der Waals surface area contributed by atoms with Gasteiger partial charge >= 0.3 is 0 Å². The highest BCUT2D eigenvalue weighted by Gasteiger charge is 2.26. The zero-order chi connectivity index (χ0) is 15.2. The Morgan fingerprint density at radius 1 is 1.48 bits per heavy atom. The normalized spacial score (nSPS) is 16.4. The third-order valence-corrected chi connectivity index (χ3v) is 4.70. The van der Waals surface area contributed by atoms with Crippen LogP contribution in [0.5, 0.6) is 0 Å². The summed E-state index contributed by atoms with van der Waals surface area (Å²) in [5.41, 5.74) is 0.641. The average Bonchev–Trinajstić information content (AvgIpc) is 2.92. The summed E-state index contributed by atoms with van der Waals surface area (Å²) in [6.07, 6.45) is 4.06. The second-order valence-electron chi connectivity index (χ2n) is 6.20. The first-order valence-electron chi connectivity index (χ1n) is 8.08. The smallest absolute Gasteiger partial charge is 0.273 e. The lowest BCUT2D eigenvalue weighted by atomic mass is 10.0. The molecule has 0 radical (unpaired) electrons.